The van der Waals surface area contributed by atoms with Gasteiger partial charge in [-0.1, -0.05) is 66.7 Å². The molecule has 9 nitrogen and oxygen atoms in total. The van der Waals surface area contributed by atoms with Crippen molar-refractivity contribution in [2.75, 3.05) is 33.2 Å². The van der Waals surface area contributed by atoms with Gasteiger partial charge in [-0.05, 0) is 31.5 Å². The Kier molecular flexibility index (Phi) is 9.19. The van der Waals surface area contributed by atoms with Gasteiger partial charge in [0.1, 0.15) is 12.4 Å². The molecule has 0 aliphatic carbocycles. The number of methoxy groups -OCH3 is 3. The Morgan fingerprint density at radius 1 is 0.875 bits per heavy atom. The summed E-state index contributed by atoms with van der Waals surface area (Å²) in [6.45, 7) is 3.51. The number of ether oxygens (including phenoxy) is 3. The minimum absolute atomic E-state index is 0.189. The Morgan fingerprint density at radius 3 is 2.08 bits per heavy atom. The number of nitrogens with zero attached hydrogens (tertiary/aromatic N) is 2. The molecule has 0 fully saturated rings. The van der Waals surface area contributed by atoms with Crippen LogP contribution in [-0.2, 0) is 14.3 Å². The molecule has 9 heteroatoms. The number of amides is 2. The molecular formula is C31H34N4O5. The fourth-order valence-electron chi connectivity index (χ4n) is 4.40. The summed E-state index contributed by atoms with van der Waals surface area (Å²) in [6.07, 6.45) is -0.940. The van der Waals surface area contributed by atoms with Gasteiger partial charge in [-0.25, -0.2) is 4.98 Å². The van der Waals surface area contributed by atoms with E-state index in [2.05, 4.69) is 15.3 Å². The highest BCUT2D eigenvalue weighted by atomic mass is 16.5. The van der Waals surface area contributed by atoms with Crippen LogP contribution in [0.1, 0.15) is 25.5 Å². The lowest BCUT2D eigenvalue weighted by atomic mass is 10.1. The maximum absolute atomic E-state index is 13.7. The van der Waals surface area contributed by atoms with Gasteiger partial charge in [0.15, 0.2) is 23.4 Å². The number of carbonyl (C=O) groups is 2. The molecule has 4 rings (SSSR count). The van der Waals surface area contributed by atoms with E-state index in [0.29, 0.717) is 34.4 Å². The molecule has 0 radical (unpaired) electrons. The highest BCUT2D eigenvalue weighted by molar-refractivity contribution is 5.97. The van der Waals surface area contributed by atoms with E-state index < -0.39 is 6.10 Å². The molecular weight excluding hydrogens is 508 g/mol. The number of H-pyrrole nitrogens is 1. The lowest BCUT2D eigenvalue weighted by molar-refractivity contribution is -0.146. The molecule has 3 aromatic carbocycles. The first-order chi connectivity index (χ1) is 19.4. The van der Waals surface area contributed by atoms with Gasteiger partial charge < -0.3 is 29.4 Å². The Labute approximate surface area is 234 Å². The van der Waals surface area contributed by atoms with Gasteiger partial charge in [-0.3, -0.25) is 9.59 Å². The summed E-state index contributed by atoms with van der Waals surface area (Å²) in [5.41, 5.74) is 3.02. The maximum Gasteiger partial charge on any atom is 0.257 e. The third-order valence-electron chi connectivity index (χ3n) is 6.46. The van der Waals surface area contributed by atoms with Crippen LogP contribution in [0, 0.1) is 0 Å². The van der Waals surface area contributed by atoms with Gasteiger partial charge in [0.2, 0.25) is 5.91 Å². The second kappa shape index (κ2) is 12.9. The Bertz CT molecular complexity index is 1440. The predicted octanol–water partition coefficient (Wildman–Crippen LogP) is 5.32. The molecule has 0 spiro atoms. The summed E-state index contributed by atoms with van der Waals surface area (Å²) in [7, 11) is 4.53. The summed E-state index contributed by atoms with van der Waals surface area (Å²) in [5.74, 6) is 1.29. The maximum atomic E-state index is 13.7. The fourth-order valence-corrected chi connectivity index (χ4v) is 4.40. The average molecular weight is 543 g/mol. The summed E-state index contributed by atoms with van der Waals surface area (Å²) in [4.78, 5) is 36.5. The molecule has 1 atom stereocenters. The summed E-state index contributed by atoms with van der Waals surface area (Å²) >= 11 is 0. The molecule has 208 valence electrons. The number of rotatable bonds is 11. The van der Waals surface area contributed by atoms with E-state index >= 15 is 0 Å². The molecule has 0 saturated heterocycles. The molecule has 40 heavy (non-hydrogen) atoms. The number of anilines is 1. The van der Waals surface area contributed by atoms with E-state index in [-0.39, 0.29) is 24.4 Å². The van der Waals surface area contributed by atoms with Crippen molar-refractivity contribution in [3.8, 4) is 34.1 Å². The fraction of sp³-hybridized carbons (Fsp3) is 0.258. The number of carbonyl (C=O) groups excluding carboxylic acids is 2. The normalized spacial score (nSPS) is 11.7. The number of hydrogen-bond acceptors (Lipinski definition) is 6. The van der Waals surface area contributed by atoms with Crippen LogP contribution >= 0.6 is 0 Å². The van der Waals surface area contributed by atoms with Crippen molar-refractivity contribution < 1.29 is 23.8 Å². The molecule has 0 aliphatic heterocycles. The molecule has 1 aromatic heterocycles. The molecule has 4 aromatic rings. The molecule has 0 saturated carbocycles. The lowest BCUT2D eigenvalue weighted by Gasteiger charge is -2.30. The predicted molar refractivity (Wildman–Crippen MR) is 154 cm³/mol. The van der Waals surface area contributed by atoms with E-state index in [1.54, 1.807) is 25.3 Å². The zero-order valence-corrected chi connectivity index (χ0v) is 23.3. The molecule has 1 heterocycles. The quantitative estimate of drug-likeness (QED) is 0.266. The summed E-state index contributed by atoms with van der Waals surface area (Å²) in [5, 5.41) is 2.92. The van der Waals surface area contributed by atoms with Gasteiger partial charge in [0, 0.05) is 24.3 Å². The number of benzene rings is 3. The van der Waals surface area contributed by atoms with Gasteiger partial charge in [-0.2, -0.15) is 0 Å². The zero-order chi connectivity index (χ0) is 28.6. The van der Waals surface area contributed by atoms with E-state index in [4.69, 9.17) is 14.2 Å². The van der Waals surface area contributed by atoms with E-state index in [0.717, 1.165) is 11.1 Å². The van der Waals surface area contributed by atoms with Crippen molar-refractivity contribution in [3.05, 3.63) is 84.4 Å². The van der Waals surface area contributed by atoms with Gasteiger partial charge in [-0.15, -0.1) is 0 Å². The molecule has 1 unspecified atom stereocenters. The number of aromatic nitrogens is 2. The highest BCUT2D eigenvalue weighted by Gasteiger charge is 2.30. The largest absolute Gasteiger partial charge is 0.493 e. The third kappa shape index (κ3) is 6.32. The minimum Gasteiger partial charge on any atom is -0.493 e. The van der Waals surface area contributed by atoms with Crippen molar-refractivity contribution in [3.63, 3.8) is 0 Å². The van der Waals surface area contributed by atoms with Crippen molar-refractivity contribution in [1.29, 1.82) is 0 Å². The molecule has 2 N–H and O–H groups in total. The lowest BCUT2D eigenvalue weighted by Crippen LogP contribution is -2.45. The zero-order valence-electron chi connectivity index (χ0n) is 23.3. The first-order valence-corrected chi connectivity index (χ1v) is 12.9. The third-order valence-corrected chi connectivity index (χ3v) is 6.46. The standard InChI is InChI=1S/C31H34N4O5/c1-20(2)35(31(37)28(40-5)23-16-17-24(38-3)25(18-23)39-4)19-26(36)32-30-27(21-12-8-6-9-13-21)33-29(34-30)22-14-10-7-11-15-22/h6-18,20,28H,19H2,1-5H3,(H,32,36)(H,33,34). The monoisotopic (exact) mass is 542 g/mol. The van der Waals surface area contributed by atoms with Gasteiger partial charge >= 0.3 is 0 Å². The van der Waals surface area contributed by atoms with Gasteiger partial charge in [0.25, 0.3) is 5.91 Å². The van der Waals surface area contributed by atoms with Crippen LogP contribution in [0.15, 0.2) is 78.9 Å². The van der Waals surface area contributed by atoms with E-state index in [1.807, 2.05) is 74.5 Å². The van der Waals surface area contributed by atoms with E-state index in [1.165, 1.54) is 19.1 Å². The number of hydrogen-bond donors (Lipinski definition) is 2. The van der Waals surface area contributed by atoms with Crippen molar-refractivity contribution in [1.82, 2.24) is 14.9 Å². The Balaban J connectivity index is 1.58. The second-order valence-corrected chi connectivity index (χ2v) is 9.38. The first-order valence-electron chi connectivity index (χ1n) is 12.9. The van der Waals surface area contributed by atoms with Crippen LogP contribution in [-0.4, -0.2) is 60.6 Å². The van der Waals surface area contributed by atoms with Crippen LogP contribution in [0.25, 0.3) is 22.6 Å². The Morgan fingerprint density at radius 2 is 1.50 bits per heavy atom. The van der Waals surface area contributed by atoms with Crippen molar-refractivity contribution in [2.45, 2.75) is 26.0 Å². The van der Waals surface area contributed by atoms with Crippen LogP contribution < -0.4 is 14.8 Å². The minimum atomic E-state index is -0.940. The first kappa shape index (κ1) is 28.4. The molecule has 2 amide bonds. The number of nitrogens with one attached hydrogen (secondary N) is 2. The average Bonchev–Trinajstić information content (AvgIpc) is 3.40. The van der Waals surface area contributed by atoms with Crippen molar-refractivity contribution in [2.24, 2.45) is 0 Å². The van der Waals surface area contributed by atoms with Crippen molar-refractivity contribution >= 4 is 17.6 Å². The summed E-state index contributed by atoms with van der Waals surface area (Å²) < 4.78 is 16.3. The van der Waals surface area contributed by atoms with Crippen LogP contribution in [0.4, 0.5) is 5.82 Å². The summed E-state index contributed by atoms with van der Waals surface area (Å²) in [6, 6.07) is 24.2. The smallest absolute Gasteiger partial charge is 0.257 e. The Hall–Kier alpha value is -4.63. The highest BCUT2D eigenvalue weighted by Crippen LogP contribution is 2.32. The van der Waals surface area contributed by atoms with E-state index in [9.17, 15) is 9.59 Å². The van der Waals surface area contributed by atoms with Crippen LogP contribution in [0.3, 0.4) is 0 Å². The molecule has 0 aliphatic rings. The van der Waals surface area contributed by atoms with Gasteiger partial charge in [0.05, 0.1) is 19.9 Å². The topological polar surface area (TPSA) is 106 Å². The number of aromatic amines is 1. The second-order valence-electron chi connectivity index (χ2n) is 9.38. The molecule has 0 bridgehead atoms. The van der Waals surface area contributed by atoms with Crippen LogP contribution in [0.2, 0.25) is 0 Å². The number of imidazole rings is 1. The SMILES string of the molecule is COc1ccc(C(OC)C(=O)N(CC(=O)Nc2nc(-c3ccccc3)[nH]c2-c2ccccc2)C(C)C)cc1OC. The van der Waals surface area contributed by atoms with Crippen LogP contribution in [0.5, 0.6) is 11.5 Å².